The van der Waals surface area contributed by atoms with Crippen LogP contribution < -0.4 is 16.0 Å². The predicted octanol–water partition coefficient (Wildman–Crippen LogP) is 7.10. The third-order valence-corrected chi connectivity index (χ3v) is 6.96. The molecule has 0 aliphatic rings. The molecule has 40 heavy (non-hydrogen) atoms. The monoisotopic (exact) mass is 569 g/mol. The summed E-state index contributed by atoms with van der Waals surface area (Å²) in [7, 11) is 0. The van der Waals surface area contributed by atoms with E-state index in [9.17, 15) is 14.4 Å². The number of anilines is 2. The fraction of sp³-hybridized carbons (Fsp3) is 0.0938. The van der Waals surface area contributed by atoms with Gasteiger partial charge < -0.3 is 16.0 Å². The average molecular weight is 570 g/mol. The minimum Gasteiger partial charge on any atom is -0.325 e. The maximum Gasteiger partial charge on any atom is 0.272 e. The van der Waals surface area contributed by atoms with Crippen LogP contribution in [0.4, 0.5) is 11.4 Å². The molecule has 0 fully saturated rings. The van der Waals surface area contributed by atoms with Crippen LogP contribution in [0.25, 0.3) is 6.08 Å². The highest BCUT2D eigenvalue weighted by Gasteiger charge is 2.15. The second-order valence-electron chi connectivity index (χ2n) is 9.12. The lowest BCUT2D eigenvalue weighted by molar-refractivity contribution is -0.114. The number of hydrogen-bond donors (Lipinski definition) is 3. The lowest BCUT2D eigenvalue weighted by Gasteiger charge is -2.12. The largest absolute Gasteiger partial charge is 0.325 e. The highest BCUT2D eigenvalue weighted by Crippen LogP contribution is 2.22. The number of carbonyl (C=O) groups excluding carboxylic acids is 3. The molecular formula is C32H28ClN3O3S. The lowest BCUT2D eigenvalue weighted by atomic mass is 10.1. The summed E-state index contributed by atoms with van der Waals surface area (Å²) in [5.41, 5.74) is 4.72. The normalized spacial score (nSPS) is 11.0. The van der Waals surface area contributed by atoms with Crippen molar-refractivity contribution in [3.63, 3.8) is 0 Å². The van der Waals surface area contributed by atoms with Gasteiger partial charge in [-0.05, 0) is 97.3 Å². The van der Waals surface area contributed by atoms with Crippen molar-refractivity contribution in [2.45, 2.75) is 18.7 Å². The maximum atomic E-state index is 13.2. The number of carbonyl (C=O) groups is 3. The Kier molecular flexibility index (Phi) is 9.78. The number of aryl methyl sites for hydroxylation is 2. The quantitative estimate of drug-likeness (QED) is 0.148. The molecule has 0 heterocycles. The van der Waals surface area contributed by atoms with Crippen LogP contribution in [-0.4, -0.2) is 23.5 Å². The molecule has 4 aromatic rings. The summed E-state index contributed by atoms with van der Waals surface area (Å²) in [6, 6.07) is 28.7. The molecule has 0 radical (unpaired) electrons. The first-order valence-corrected chi connectivity index (χ1v) is 13.9. The molecule has 3 amide bonds. The zero-order valence-electron chi connectivity index (χ0n) is 22.0. The molecule has 0 aliphatic heterocycles. The average Bonchev–Trinajstić information content (AvgIpc) is 2.93. The molecule has 0 saturated carbocycles. The number of amides is 3. The molecule has 8 heteroatoms. The van der Waals surface area contributed by atoms with Gasteiger partial charge in [-0.15, -0.1) is 11.8 Å². The summed E-state index contributed by atoms with van der Waals surface area (Å²) in [4.78, 5) is 39.3. The first kappa shape index (κ1) is 28.7. The molecule has 202 valence electrons. The van der Waals surface area contributed by atoms with E-state index in [2.05, 4.69) is 22.0 Å². The van der Waals surface area contributed by atoms with Gasteiger partial charge in [0.1, 0.15) is 5.70 Å². The van der Waals surface area contributed by atoms with E-state index in [0.29, 0.717) is 21.8 Å². The fourth-order valence-electron chi connectivity index (χ4n) is 3.89. The van der Waals surface area contributed by atoms with Gasteiger partial charge in [0.2, 0.25) is 5.91 Å². The van der Waals surface area contributed by atoms with Crippen molar-refractivity contribution >= 4 is 58.5 Å². The molecule has 3 N–H and O–H groups in total. The van der Waals surface area contributed by atoms with E-state index in [4.69, 9.17) is 11.6 Å². The number of rotatable bonds is 9. The van der Waals surface area contributed by atoms with Crippen molar-refractivity contribution in [1.29, 1.82) is 0 Å². The molecular weight excluding hydrogens is 542 g/mol. The zero-order valence-corrected chi connectivity index (χ0v) is 23.6. The molecule has 0 spiro atoms. The van der Waals surface area contributed by atoms with E-state index < -0.39 is 11.8 Å². The SMILES string of the molecule is Cc1cc(C)cc(NC(=O)CSc2ccc(NC(=O)/C(=C/c3ccc(Cl)cc3)NC(=O)c3ccccc3)cc2)c1. The van der Waals surface area contributed by atoms with Gasteiger partial charge in [-0.1, -0.05) is 48.0 Å². The first-order valence-electron chi connectivity index (χ1n) is 12.5. The minimum atomic E-state index is -0.479. The maximum absolute atomic E-state index is 13.2. The van der Waals surface area contributed by atoms with E-state index in [1.54, 1.807) is 66.7 Å². The number of thioether (sulfide) groups is 1. The Morgan fingerprint density at radius 1 is 0.775 bits per heavy atom. The highest BCUT2D eigenvalue weighted by molar-refractivity contribution is 8.00. The third kappa shape index (κ3) is 8.59. The van der Waals surface area contributed by atoms with Gasteiger partial charge in [-0.2, -0.15) is 0 Å². The van der Waals surface area contributed by atoms with Gasteiger partial charge in [-0.3, -0.25) is 14.4 Å². The van der Waals surface area contributed by atoms with Crippen LogP contribution in [0.1, 0.15) is 27.0 Å². The van der Waals surface area contributed by atoms with Crippen molar-refractivity contribution in [3.8, 4) is 0 Å². The van der Waals surface area contributed by atoms with E-state index in [0.717, 1.165) is 21.7 Å². The molecule has 0 atom stereocenters. The Hall–Kier alpha value is -4.33. The fourth-order valence-corrected chi connectivity index (χ4v) is 4.72. The smallest absolute Gasteiger partial charge is 0.272 e. The molecule has 0 saturated heterocycles. The van der Waals surface area contributed by atoms with E-state index in [1.807, 2.05) is 44.2 Å². The zero-order chi connectivity index (χ0) is 28.5. The van der Waals surface area contributed by atoms with Crippen molar-refractivity contribution in [3.05, 3.63) is 130 Å². The van der Waals surface area contributed by atoms with Crippen LogP contribution in [0.2, 0.25) is 5.02 Å². The summed E-state index contributed by atoms with van der Waals surface area (Å²) < 4.78 is 0. The van der Waals surface area contributed by atoms with Gasteiger partial charge in [0.05, 0.1) is 5.75 Å². The van der Waals surface area contributed by atoms with Crippen molar-refractivity contribution in [1.82, 2.24) is 5.32 Å². The number of benzene rings is 4. The summed E-state index contributed by atoms with van der Waals surface area (Å²) in [6.45, 7) is 3.98. The van der Waals surface area contributed by atoms with Gasteiger partial charge in [0, 0.05) is 26.9 Å². The van der Waals surface area contributed by atoms with E-state index in [-0.39, 0.29) is 17.4 Å². The van der Waals surface area contributed by atoms with Crippen LogP contribution in [0, 0.1) is 13.8 Å². The standard InChI is InChI=1S/C32H28ClN3O3S/c1-21-16-22(2)18-27(17-21)34-30(37)20-40-28-14-12-26(13-15-28)35-32(39)29(19-23-8-10-25(33)11-9-23)36-31(38)24-6-4-3-5-7-24/h3-19H,20H2,1-2H3,(H,34,37)(H,35,39)(H,36,38)/b29-19-. The number of halogens is 1. The third-order valence-electron chi connectivity index (χ3n) is 5.70. The minimum absolute atomic E-state index is 0.0812. The van der Waals surface area contributed by atoms with Gasteiger partial charge in [0.25, 0.3) is 11.8 Å². The Balaban J connectivity index is 1.40. The second kappa shape index (κ2) is 13.6. The van der Waals surface area contributed by atoms with E-state index >= 15 is 0 Å². The summed E-state index contributed by atoms with van der Waals surface area (Å²) >= 11 is 7.38. The molecule has 4 rings (SSSR count). The molecule has 0 unspecified atom stereocenters. The van der Waals surface area contributed by atoms with Crippen molar-refractivity contribution in [2.24, 2.45) is 0 Å². The van der Waals surface area contributed by atoms with Crippen LogP contribution >= 0.6 is 23.4 Å². The Morgan fingerprint density at radius 2 is 1.43 bits per heavy atom. The first-order chi connectivity index (χ1) is 19.2. The summed E-state index contributed by atoms with van der Waals surface area (Å²) in [6.07, 6.45) is 1.59. The number of hydrogen-bond acceptors (Lipinski definition) is 4. The molecule has 6 nitrogen and oxygen atoms in total. The van der Waals surface area contributed by atoms with Gasteiger partial charge >= 0.3 is 0 Å². The molecule has 0 aromatic heterocycles. The summed E-state index contributed by atoms with van der Waals surface area (Å²) in [5, 5.41) is 9.04. The Labute approximate surface area is 242 Å². The van der Waals surface area contributed by atoms with Crippen LogP contribution in [-0.2, 0) is 9.59 Å². The van der Waals surface area contributed by atoms with Gasteiger partial charge in [0.15, 0.2) is 0 Å². The Bertz CT molecular complexity index is 1520. The number of nitrogens with one attached hydrogen (secondary N) is 3. The van der Waals surface area contributed by atoms with Gasteiger partial charge in [-0.25, -0.2) is 0 Å². The van der Waals surface area contributed by atoms with Crippen molar-refractivity contribution in [2.75, 3.05) is 16.4 Å². The van der Waals surface area contributed by atoms with Crippen molar-refractivity contribution < 1.29 is 14.4 Å². The van der Waals surface area contributed by atoms with Crippen LogP contribution in [0.15, 0.2) is 108 Å². The topological polar surface area (TPSA) is 87.3 Å². The van der Waals surface area contributed by atoms with Crippen LogP contribution in [0.5, 0.6) is 0 Å². The lowest BCUT2D eigenvalue weighted by Crippen LogP contribution is -2.30. The van der Waals surface area contributed by atoms with Crippen LogP contribution in [0.3, 0.4) is 0 Å². The highest BCUT2D eigenvalue weighted by atomic mass is 35.5. The molecule has 4 aromatic carbocycles. The molecule has 0 bridgehead atoms. The predicted molar refractivity (Wildman–Crippen MR) is 164 cm³/mol. The summed E-state index contributed by atoms with van der Waals surface area (Å²) in [5.74, 6) is -0.731. The van der Waals surface area contributed by atoms with E-state index in [1.165, 1.54) is 11.8 Å². The second-order valence-corrected chi connectivity index (χ2v) is 10.6. The Morgan fingerprint density at radius 3 is 2.08 bits per heavy atom. The molecule has 0 aliphatic carbocycles.